The van der Waals surface area contributed by atoms with Gasteiger partial charge in [0.25, 0.3) is 0 Å². The van der Waals surface area contributed by atoms with Crippen molar-refractivity contribution in [1.29, 1.82) is 0 Å². The van der Waals surface area contributed by atoms with Crippen LogP contribution in [0.25, 0.3) is 0 Å². The van der Waals surface area contributed by atoms with Crippen molar-refractivity contribution in [2.45, 2.75) is 117 Å². The molecule has 2 aromatic carbocycles. The van der Waals surface area contributed by atoms with E-state index in [4.69, 9.17) is 14.2 Å². The summed E-state index contributed by atoms with van der Waals surface area (Å²) in [6.07, 6.45) is 16.4. The third kappa shape index (κ3) is 13.3. The zero-order valence-corrected chi connectivity index (χ0v) is 23.0. The van der Waals surface area contributed by atoms with Crippen molar-refractivity contribution in [3.63, 3.8) is 0 Å². The summed E-state index contributed by atoms with van der Waals surface area (Å²) < 4.78 is 17.4. The minimum Gasteiger partial charge on any atom is -0.453 e. The van der Waals surface area contributed by atoms with Gasteiger partial charge in [-0.1, -0.05) is 115 Å². The molecule has 0 heterocycles. The maximum atomic E-state index is 12.7. The topological polar surface area (TPSA) is 61.8 Å². The number of benzene rings is 2. The zero-order valence-electron chi connectivity index (χ0n) is 23.0. The molecule has 0 fully saturated rings. The first kappa shape index (κ1) is 30.4. The first-order chi connectivity index (χ1) is 18.1. The molecule has 0 bridgehead atoms. The van der Waals surface area contributed by atoms with Gasteiger partial charge < -0.3 is 14.2 Å². The van der Waals surface area contributed by atoms with Gasteiger partial charge in [0.05, 0.1) is 0 Å². The number of hydrogen-bond acceptors (Lipinski definition) is 5. The molecule has 0 unspecified atom stereocenters. The van der Waals surface area contributed by atoms with E-state index in [2.05, 4.69) is 13.8 Å². The number of esters is 2. The molecule has 0 N–H and O–H groups in total. The molecule has 0 aliphatic heterocycles. The Morgan fingerprint density at radius 3 is 1.59 bits per heavy atom. The van der Waals surface area contributed by atoms with Crippen LogP contribution in [0.4, 0.5) is 0 Å². The van der Waals surface area contributed by atoms with Crippen LogP contribution < -0.4 is 14.2 Å². The molecule has 0 amide bonds. The second kappa shape index (κ2) is 19.3. The highest BCUT2D eigenvalue weighted by Gasteiger charge is 2.19. The molecule has 0 saturated carbocycles. The summed E-state index contributed by atoms with van der Waals surface area (Å²) in [4.78, 5) is 25.3. The lowest BCUT2D eigenvalue weighted by Crippen LogP contribution is -2.12. The highest BCUT2D eigenvalue weighted by Crippen LogP contribution is 2.40. The molecule has 0 atom stereocenters. The van der Waals surface area contributed by atoms with Gasteiger partial charge in [-0.2, -0.15) is 0 Å². The van der Waals surface area contributed by atoms with Crippen molar-refractivity contribution in [3.05, 3.63) is 48.5 Å². The van der Waals surface area contributed by atoms with Crippen LogP contribution in [0.5, 0.6) is 23.0 Å². The second-order valence-corrected chi connectivity index (χ2v) is 9.69. The molecule has 0 spiro atoms. The van der Waals surface area contributed by atoms with E-state index in [-0.39, 0.29) is 23.4 Å². The maximum Gasteiger partial charge on any atom is 0.311 e. The van der Waals surface area contributed by atoms with Crippen molar-refractivity contribution < 1.29 is 23.8 Å². The van der Waals surface area contributed by atoms with Crippen LogP contribution in [0.1, 0.15) is 117 Å². The molecular weight excluding hydrogens is 464 g/mol. The number of carbonyl (C=O) groups is 2. The molecule has 5 heteroatoms. The van der Waals surface area contributed by atoms with Crippen LogP contribution in [0.2, 0.25) is 0 Å². The van der Waals surface area contributed by atoms with Crippen molar-refractivity contribution in [2.75, 3.05) is 0 Å². The number of para-hydroxylation sites is 2. The lowest BCUT2D eigenvalue weighted by molar-refractivity contribution is -0.137. The first-order valence-electron chi connectivity index (χ1n) is 14.4. The number of ether oxygens (including phenoxy) is 3. The Hall–Kier alpha value is -2.82. The van der Waals surface area contributed by atoms with Crippen molar-refractivity contribution >= 4 is 11.9 Å². The van der Waals surface area contributed by atoms with Crippen LogP contribution in [0.3, 0.4) is 0 Å². The van der Waals surface area contributed by atoms with E-state index in [0.29, 0.717) is 24.3 Å². The third-order valence-corrected chi connectivity index (χ3v) is 6.32. The molecule has 5 nitrogen and oxygen atoms in total. The summed E-state index contributed by atoms with van der Waals surface area (Å²) in [5.41, 5.74) is 0. The van der Waals surface area contributed by atoms with E-state index >= 15 is 0 Å². The summed E-state index contributed by atoms with van der Waals surface area (Å²) in [6.45, 7) is 4.41. The second-order valence-electron chi connectivity index (χ2n) is 9.69. The summed E-state index contributed by atoms with van der Waals surface area (Å²) >= 11 is 0. The molecule has 37 heavy (non-hydrogen) atoms. The monoisotopic (exact) mass is 510 g/mol. The molecule has 0 aliphatic rings. The Morgan fingerprint density at radius 2 is 1.03 bits per heavy atom. The smallest absolute Gasteiger partial charge is 0.311 e. The van der Waals surface area contributed by atoms with E-state index in [1.807, 2.05) is 30.3 Å². The average Bonchev–Trinajstić information content (AvgIpc) is 2.90. The quantitative estimate of drug-likeness (QED) is 0.101. The minimum absolute atomic E-state index is 0.159. The first-order valence-corrected chi connectivity index (χ1v) is 14.4. The van der Waals surface area contributed by atoms with Gasteiger partial charge in [-0.3, -0.25) is 9.59 Å². The van der Waals surface area contributed by atoms with Gasteiger partial charge in [0.15, 0.2) is 11.5 Å². The fourth-order valence-corrected chi connectivity index (χ4v) is 4.16. The molecular formula is C32H46O5. The summed E-state index contributed by atoms with van der Waals surface area (Å²) in [7, 11) is 0. The Labute approximate surface area is 223 Å². The Morgan fingerprint density at radius 1 is 0.541 bits per heavy atom. The van der Waals surface area contributed by atoms with Crippen molar-refractivity contribution in [1.82, 2.24) is 0 Å². The van der Waals surface area contributed by atoms with Gasteiger partial charge in [-0.05, 0) is 37.1 Å². The lowest BCUT2D eigenvalue weighted by atomic mass is 10.1. The van der Waals surface area contributed by atoms with Crippen LogP contribution in [-0.4, -0.2) is 11.9 Å². The van der Waals surface area contributed by atoms with Crippen LogP contribution in [-0.2, 0) is 9.59 Å². The summed E-state index contributed by atoms with van der Waals surface area (Å²) in [6, 6.07) is 14.4. The van der Waals surface area contributed by atoms with Gasteiger partial charge in [-0.25, -0.2) is 0 Å². The fourth-order valence-electron chi connectivity index (χ4n) is 4.16. The molecule has 2 aromatic rings. The van der Waals surface area contributed by atoms with Crippen molar-refractivity contribution in [2.24, 2.45) is 0 Å². The number of rotatable bonds is 20. The van der Waals surface area contributed by atoms with E-state index < -0.39 is 0 Å². The number of carbonyl (C=O) groups excluding carboxylic acids is 2. The number of unbranched alkanes of at least 4 members (excludes halogenated alkanes) is 12. The van der Waals surface area contributed by atoms with E-state index in [0.717, 1.165) is 38.5 Å². The molecule has 204 valence electrons. The zero-order chi connectivity index (χ0) is 26.6. The Balaban J connectivity index is 1.96. The van der Waals surface area contributed by atoms with E-state index in [1.165, 1.54) is 51.4 Å². The van der Waals surface area contributed by atoms with Gasteiger partial charge >= 0.3 is 11.9 Å². The standard InChI is InChI=1S/C32H46O5/c1-3-5-7-9-11-13-18-25-30(33)36-29-24-20-23-28(35-27-21-16-15-17-22-27)32(29)37-31(34)26-19-14-12-10-8-6-4-2/h15-17,20-24H,3-14,18-19,25-26H2,1-2H3. The molecule has 2 rings (SSSR count). The SMILES string of the molecule is CCCCCCCCCC(=O)Oc1cccc(Oc2ccccc2)c1OC(=O)CCCCCCCCC. The third-order valence-electron chi connectivity index (χ3n) is 6.32. The molecule has 0 radical (unpaired) electrons. The van der Waals surface area contributed by atoms with Gasteiger partial charge in [-0.15, -0.1) is 0 Å². The molecule has 0 aromatic heterocycles. The van der Waals surface area contributed by atoms with Crippen LogP contribution >= 0.6 is 0 Å². The molecule has 0 saturated heterocycles. The van der Waals surface area contributed by atoms with Gasteiger partial charge in [0.1, 0.15) is 5.75 Å². The van der Waals surface area contributed by atoms with E-state index in [1.54, 1.807) is 18.2 Å². The Bertz CT molecular complexity index is 893. The average molecular weight is 511 g/mol. The highest BCUT2D eigenvalue weighted by molar-refractivity contribution is 5.77. The fraction of sp³-hybridized carbons (Fsp3) is 0.562. The van der Waals surface area contributed by atoms with Crippen molar-refractivity contribution in [3.8, 4) is 23.0 Å². The van der Waals surface area contributed by atoms with Gasteiger partial charge in [0, 0.05) is 12.8 Å². The predicted molar refractivity (Wildman–Crippen MR) is 149 cm³/mol. The largest absolute Gasteiger partial charge is 0.453 e. The number of hydrogen-bond donors (Lipinski definition) is 0. The summed E-state index contributed by atoms with van der Waals surface area (Å²) in [5.74, 6) is 0.664. The maximum absolute atomic E-state index is 12.7. The minimum atomic E-state index is -0.345. The summed E-state index contributed by atoms with van der Waals surface area (Å²) in [5, 5.41) is 0. The highest BCUT2D eigenvalue weighted by atomic mass is 16.6. The van der Waals surface area contributed by atoms with Crippen LogP contribution in [0, 0.1) is 0 Å². The predicted octanol–water partition coefficient (Wildman–Crippen LogP) is 9.57. The normalized spacial score (nSPS) is 10.8. The van der Waals surface area contributed by atoms with Gasteiger partial charge in [0.2, 0.25) is 5.75 Å². The van der Waals surface area contributed by atoms with Crippen LogP contribution in [0.15, 0.2) is 48.5 Å². The Kier molecular flexibility index (Phi) is 15.9. The van der Waals surface area contributed by atoms with E-state index in [9.17, 15) is 9.59 Å². The lowest BCUT2D eigenvalue weighted by Gasteiger charge is -2.15. The molecule has 0 aliphatic carbocycles.